The molecule has 0 saturated carbocycles. The van der Waals surface area contributed by atoms with Crippen molar-refractivity contribution >= 4 is 11.3 Å². The van der Waals surface area contributed by atoms with Gasteiger partial charge in [-0.25, -0.2) is 4.98 Å². The fraction of sp³-hybridized carbons (Fsp3) is 0.222. The van der Waals surface area contributed by atoms with Crippen LogP contribution in [0.2, 0.25) is 0 Å². The highest BCUT2D eigenvalue weighted by molar-refractivity contribution is 7.09. The zero-order valence-electron chi connectivity index (χ0n) is 6.78. The molecule has 0 spiro atoms. The van der Waals surface area contributed by atoms with E-state index in [1.807, 2.05) is 24.6 Å². The van der Waals surface area contributed by atoms with Crippen LogP contribution in [0, 0.1) is 6.92 Å². The summed E-state index contributed by atoms with van der Waals surface area (Å²) in [5, 5.41) is 3.12. The van der Waals surface area contributed by atoms with E-state index < -0.39 is 0 Å². The molecule has 2 heterocycles. The van der Waals surface area contributed by atoms with Crippen LogP contribution in [0.3, 0.4) is 0 Å². The third-order valence-corrected chi connectivity index (χ3v) is 2.40. The number of hydrogen-bond donors (Lipinski definition) is 0. The Labute approximate surface area is 74.9 Å². The van der Waals surface area contributed by atoms with Crippen LogP contribution < -0.4 is 0 Å². The first-order valence-electron chi connectivity index (χ1n) is 3.77. The summed E-state index contributed by atoms with van der Waals surface area (Å²) in [5.74, 6) is 0.960. The topological polar surface area (TPSA) is 26.0 Å². The summed E-state index contributed by atoms with van der Waals surface area (Å²) in [4.78, 5) is 4.20. The molecule has 0 aliphatic carbocycles. The Morgan fingerprint density at radius 1 is 1.58 bits per heavy atom. The Morgan fingerprint density at radius 3 is 3.08 bits per heavy atom. The molecule has 0 radical (unpaired) electrons. The minimum atomic E-state index is 0.884. The molecule has 0 bridgehead atoms. The summed E-state index contributed by atoms with van der Waals surface area (Å²) < 4.78 is 5.19. The molecule has 0 fully saturated rings. The Bertz CT molecular complexity index is 350. The van der Waals surface area contributed by atoms with Crippen molar-refractivity contribution in [2.24, 2.45) is 0 Å². The highest BCUT2D eigenvalue weighted by Crippen LogP contribution is 2.13. The molecule has 0 aromatic carbocycles. The number of furan rings is 1. The standard InChI is InChI=1S/C9H9NOS/c1-7-4-8(6-11-7)5-9-10-2-3-12-9/h2-4,6H,5H2,1H3. The van der Waals surface area contributed by atoms with Gasteiger partial charge in [-0.1, -0.05) is 0 Å². The molecule has 0 unspecified atom stereocenters. The van der Waals surface area contributed by atoms with Gasteiger partial charge in [0.15, 0.2) is 0 Å². The third kappa shape index (κ3) is 1.56. The van der Waals surface area contributed by atoms with E-state index in [-0.39, 0.29) is 0 Å². The van der Waals surface area contributed by atoms with Crippen LogP contribution in [0.1, 0.15) is 16.3 Å². The molecular weight excluding hydrogens is 170 g/mol. The molecule has 2 rings (SSSR count). The molecule has 0 aliphatic rings. The summed E-state index contributed by atoms with van der Waals surface area (Å²) in [5.41, 5.74) is 1.20. The molecule has 0 N–H and O–H groups in total. The van der Waals surface area contributed by atoms with Crippen molar-refractivity contribution < 1.29 is 4.42 Å². The Hall–Kier alpha value is -1.09. The number of aromatic nitrogens is 1. The minimum absolute atomic E-state index is 0.884. The highest BCUT2D eigenvalue weighted by atomic mass is 32.1. The van der Waals surface area contributed by atoms with Crippen molar-refractivity contribution in [3.05, 3.63) is 40.2 Å². The van der Waals surface area contributed by atoms with Gasteiger partial charge in [-0.3, -0.25) is 0 Å². The van der Waals surface area contributed by atoms with E-state index in [1.165, 1.54) is 5.56 Å². The summed E-state index contributed by atoms with van der Waals surface area (Å²) >= 11 is 1.67. The quantitative estimate of drug-likeness (QED) is 0.708. The maximum atomic E-state index is 5.19. The number of aryl methyl sites for hydroxylation is 1. The van der Waals surface area contributed by atoms with Gasteiger partial charge in [0.05, 0.1) is 11.3 Å². The average molecular weight is 179 g/mol. The molecular formula is C9H9NOS. The first-order chi connectivity index (χ1) is 5.84. The van der Waals surface area contributed by atoms with Gasteiger partial charge in [-0.15, -0.1) is 11.3 Å². The fourth-order valence-corrected chi connectivity index (χ4v) is 1.76. The van der Waals surface area contributed by atoms with Gasteiger partial charge in [0, 0.05) is 18.0 Å². The molecule has 2 aromatic heterocycles. The zero-order valence-corrected chi connectivity index (χ0v) is 7.60. The van der Waals surface area contributed by atoms with Gasteiger partial charge >= 0.3 is 0 Å². The minimum Gasteiger partial charge on any atom is -0.469 e. The zero-order chi connectivity index (χ0) is 8.39. The van der Waals surface area contributed by atoms with Crippen LogP contribution in [-0.4, -0.2) is 4.98 Å². The smallest absolute Gasteiger partial charge is 0.100 e. The van der Waals surface area contributed by atoms with E-state index in [0.29, 0.717) is 0 Å². The SMILES string of the molecule is Cc1cc(Cc2nccs2)co1. The van der Waals surface area contributed by atoms with Crippen LogP contribution in [0.15, 0.2) is 28.3 Å². The number of hydrogen-bond acceptors (Lipinski definition) is 3. The molecule has 0 atom stereocenters. The van der Waals surface area contributed by atoms with Crippen molar-refractivity contribution in [2.45, 2.75) is 13.3 Å². The van der Waals surface area contributed by atoms with Crippen LogP contribution in [-0.2, 0) is 6.42 Å². The van der Waals surface area contributed by atoms with E-state index in [0.717, 1.165) is 17.2 Å². The van der Waals surface area contributed by atoms with Gasteiger partial charge in [0.2, 0.25) is 0 Å². The van der Waals surface area contributed by atoms with Gasteiger partial charge in [-0.2, -0.15) is 0 Å². The first-order valence-corrected chi connectivity index (χ1v) is 4.65. The Morgan fingerprint density at radius 2 is 2.50 bits per heavy atom. The summed E-state index contributed by atoms with van der Waals surface area (Å²) in [7, 11) is 0. The second-order valence-corrected chi connectivity index (χ2v) is 3.65. The molecule has 0 amide bonds. The lowest BCUT2D eigenvalue weighted by molar-refractivity contribution is 0.532. The van der Waals surface area contributed by atoms with Crippen molar-refractivity contribution in [1.82, 2.24) is 4.98 Å². The molecule has 2 aromatic rings. The molecule has 62 valence electrons. The van der Waals surface area contributed by atoms with Gasteiger partial charge in [-0.05, 0) is 18.6 Å². The van der Waals surface area contributed by atoms with Crippen molar-refractivity contribution in [3.63, 3.8) is 0 Å². The predicted octanol–water partition coefficient (Wildman–Crippen LogP) is 2.64. The van der Waals surface area contributed by atoms with Crippen molar-refractivity contribution in [2.75, 3.05) is 0 Å². The summed E-state index contributed by atoms with van der Waals surface area (Å²) in [6.07, 6.45) is 4.50. The van der Waals surface area contributed by atoms with Crippen molar-refractivity contribution in [1.29, 1.82) is 0 Å². The van der Waals surface area contributed by atoms with Crippen LogP contribution in [0.5, 0.6) is 0 Å². The van der Waals surface area contributed by atoms with E-state index in [4.69, 9.17) is 4.42 Å². The van der Waals surface area contributed by atoms with E-state index in [1.54, 1.807) is 17.6 Å². The lowest BCUT2D eigenvalue weighted by Crippen LogP contribution is -1.82. The lowest BCUT2D eigenvalue weighted by Gasteiger charge is -1.88. The second kappa shape index (κ2) is 3.11. The monoisotopic (exact) mass is 179 g/mol. The van der Waals surface area contributed by atoms with Gasteiger partial charge < -0.3 is 4.42 Å². The van der Waals surface area contributed by atoms with E-state index in [9.17, 15) is 0 Å². The Balaban J connectivity index is 2.14. The van der Waals surface area contributed by atoms with Crippen LogP contribution >= 0.6 is 11.3 Å². The normalized spacial score (nSPS) is 10.4. The van der Waals surface area contributed by atoms with E-state index >= 15 is 0 Å². The first kappa shape index (κ1) is 7.55. The molecule has 0 saturated heterocycles. The van der Waals surface area contributed by atoms with E-state index in [2.05, 4.69) is 4.98 Å². The van der Waals surface area contributed by atoms with Gasteiger partial charge in [0.25, 0.3) is 0 Å². The second-order valence-electron chi connectivity index (χ2n) is 2.67. The third-order valence-electron chi connectivity index (χ3n) is 1.62. The van der Waals surface area contributed by atoms with Crippen LogP contribution in [0.25, 0.3) is 0 Å². The van der Waals surface area contributed by atoms with Crippen LogP contribution in [0.4, 0.5) is 0 Å². The number of thiazole rings is 1. The average Bonchev–Trinajstić information content (AvgIpc) is 2.63. The van der Waals surface area contributed by atoms with Gasteiger partial charge in [0.1, 0.15) is 5.76 Å². The largest absolute Gasteiger partial charge is 0.469 e. The highest BCUT2D eigenvalue weighted by Gasteiger charge is 2.00. The summed E-state index contributed by atoms with van der Waals surface area (Å²) in [6, 6.07) is 2.04. The summed E-state index contributed by atoms with van der Waals surface area (Å²) in [6.45, 7) is 1.95. The molecule has 0 aliphatic heterocycles. The predicted molar refractivity (Wildman–Crippen MR) is 48.4 cm³/mol. The number of rotatable bonds is 2. The maximum absolute atomic E-state index is 5.19. The Kier molecular flexibility index (Phi) is 1.96. The molecule has 2 nitrogen and oxygen atoms in total. The number of nitrogens with zero attached hydrogens (tertiary/aromatic N) is 1. The lowest BCUT2D eigenvalue weighted by atomic mass is 10.2. The molecule has 3 heteroatoms. The fourth-order valence-electron chi connectivity index (χ4n) is 1.11. The molecule has 12 heavy (non-hydrogen) atoms. The maximum Gasteiger partial charge on any atom is 0.100 e. The van der Waals surface area contributed by atoms with Crippen molar-refractivity contribution in [3.8, 4) is 0 Å².